The molecule has 1 atom stereocenters. The number of hydrogen-bond donors (Lipinski definition) is 3. The topological polar surface area (TPSA) is 98.3 Å². The van der Waals surface area contributed by atoms with E-state index >= 15 is 0 Å². The lowest BCUT2D eigenvalue weighted by Gasteiger charge is -2.34. The molecule has 2 aromatic rings. The Labute approximate surface area is 189 Å². The van der Waals surface area contributed by atoms with Gasteiger partial charge in [0.2, 0.25) is 0 Å². The number of benzene rings is 1. The number of aromatic nitrogens is 1. The Balaban J connectivity index is 1.33. The van der Waals surface area contributed by atoms with E-state index in [9.17, 15) is 4.79 Å². The molecule has 1 saturated heterocycles. The van der Waals surface area contributed by atoms with Crippen molar-refractivity contribution in [1.82, 2.24) is 14.8 Å². The van der Waals surface area contributed by atoms with E-state index in [-0.39, 0.29) is 12.1 Å². The summed E-state index contributed by atoms with van der Waals surface area (Å²) in [5.41, 5.74) is 11.3. The van der Waals surface area contributed by atoms with Crippen molar-refractivity contribution in [2.24, 2.45) is 5.92 Å². The molecule has 7 heteroatoms. The fourth-order valence-electron chi connectivity index (χ4n) is 5.51. The third kappa shape index (κ3) is 4.09. The number of hydrogen-bond acceptors (Lipinski definition) is 5. The average molecular weight is 433 g/mol. The molecule has 1 aromatic heterocycles. The number of likely N-dealkylation sites (tertiary alicyclic amines) is 1. The summed E-state index contributed by atoms with van der Waals surface area (Å²) in [7, 11) is 0. The number of fused-ring (bicyclic) bond motifs is 1. The van der Waals surface area contributed by atoms with Crippen LogP contribution in [0, 0.1) is 18.3 Å². The second kappa shape index (κ2) is 8.54. The van der Waals surface area contributed by atoms with Crippen LogP contribution in [0.2, 0.25) is 0 Å². The Morgan fingerprint density at radius 1 is 1.25 bits per heavy atom. The summed E-state index contributed by atoms with van der Waals surface area (Å²) in [6.45, 7) is 5.66. The van der Waals surface area contributed by atoms with Crippen LogP contribution in [0.15, 0.2) is 30.5 Å². The number of carbonyl (C=O) groups is 1. The molecule has 0 bridgehead atoms. The first kappa shape index (κ1) is 20.9. The zero-order chi connectivity index (χ0) is 22.2. The quantitative estimate of drug-likeness (QED) is 0.491. The van der Waals surface area contributed by atoms with Gasteiger partial charge in [-0.2, -0.15) is 0 Å². The third-order valence-corrected chi connectivity index (χ3v) is 7.25. The van der Waals surface area contributed by atoms with Gasteiger partial charge in [-0.25, -0.2) is 4.79 Å². The minimum absolute atomic E-state index is 0.0443. The molecule has 3 heterocycles. The first-order valence-electron chi connectivity index (χ1n) is 11.7. The Kier molecular flexibility index (Phi) is 5.59. The molecule has 2 amide bonds. The van der Waals surface area contributed by atoms with Crippen LogP contribution in [0.4, 0.5) is 16.2 Å². The van der Waals surface area contributed by atoms with Gasteiger partial charge >= 0.3 is 6.03 Å². The summed E-state index contributed by atoms with van der Waals surface area (Å²) in [4.78, 5) is 21.6. The maximum absolute atomic E-state index is 12.9. The summed E-state index contributed by atoms with van der Waals surface area (Å²) in [5, 5.41) is 11.7. The van der Waals surface area contributed by atoms with Crippen LogP contribution in [0.3, 0.4) is 0 Å². The molecule has 168 valence electrons. The predicted molar refractivity (Wildman–Crippen MR) is 127 cm³/mol. The number of pyridine rings is 1. The molecule has 1 aromatic carbocycles. The van der Waals surface area contributed by atoms with Crippen LogP contribution in [-0.4, -0.2) is 52.2 Å². The Morgan fingerprint density at radius 2 is 2.06 bits per heavy atom. The van der Waals surface area contributed by atoms with Crippen LogP contribution < -0.4 is 11.1 Å². The fraction of sp³-hybridized carbons (Fsp3) is 0.480. The minimum atomic E-state index is -0.0443. The summed E-state index contributed by atoms with van der Waals surface area (Å²) < 4.78 is 0. The van der Waals surface area contributed by atoms with E-state index in [1.165, 1.54) is 32.2 Å². The predicted octanol–water partition coefficient (Wildman–Crippen LogP) is 4.00. The number of nitrogens with two attached hydrogens (primary N) is 1. The number of aryl methyl sites for hydroxylation is 1. The van der Waals surface area contributed by atoms with Crippen LogP contribution in [-0.2, 0) is 6.54 Å². The minimum Gasteiger partial charge on any atom is -0.398 e. The van der Waals surface area contributed by atoms with E-state index in [0.29, 0.717) is 23.5 Å². The smallest absolute Gasteiger partial charge is 0.322 e. The first-order valence-corrected chi connectivity index (χ1v) is 11.7. The van der Waals surface area contributed by atoms with Crippen LogP contribution in [0.5, 0.6) is 0 Å². The maximum atomic E-state index is 12.9. The van der Waals surface area contributed by atoms with Gasteiger partial charge in [-0.1, -0.05) is 12.8 Å². The van der Waals surface area contributed by atoms with Gasteiger partial charge in [0.05, 0.1) is 5.71 Å². The lowest BCUT2D eigenvalue weighted by molar-refractivity contribution is 0.177. The van der Waals surface area contributed by atoms with Crippen molar-refractivity contribution in [3.05, 3.63) is 52.8 Å². The Morgan fingerprint density at radius 3 is 2.84 bits per heavy atom. The number of urea groups is 1. The molecule has 1 aliphatic carbocycles. The van der Waals surface area contributed by atoms with Crippen LogP contribution in [0.1, 0.15) is 54.5 Å². The van der Waals surface area contributed by atoms with Gasteiger partial charge in [0, 0.05) is 66.6 Å². The van der Waals surface area contributed by atoms with Crippen LogP contribution in [0.25, 0.3) is 0 Å². The van der Waals surface area contributed by atoms with Gasteiger partial charge in [-0.15, -0.1) is 0 Å². The van der Waals surface area contributed by atoms with E-state index in [0.717, 1.165) is 47.9 Å². The van der Waals surface area contributed by atoms with Crippen molar-refractivity contribution >= 4 is 23.1 Å². The highest BCUT2D eigenvalue weighted by molar-refractivity contribution is 6.14. The Hall–Kier alpha value is -2.93. The summed E-state index contributed by atoms with van der Waals surface area (Å²) >= 11 is 0. The SMILES string of the molecule is Cc1cc(C(=N)c2cc3c(cc2N)NC(=O)N([C@@H]2CCN(CC4CCCC4)C2)C3)ccn1. The molecule has 4 N–H and O–H groups in total. The van der Waals surface area contributed by atoms with Gasteiger partial charge in [-0.05, 0) is 61.9 Å². The number of carbonyl (C=O) groups excluding carboxylic acids is 1. The van der Waals surface area contributed by atoms with Crippen molar-refractivity contribution in [2.45, 2.75) is 51.6 Å². The van der Waals surface area contributed by atoms with Crippen molar-refractivity contribution in [3.8, 4) is 0 Å². The largest absolute Gasteiger partial charge is 0.398 e. The second-order valence-electron chi connectivity index (χ2n) is 9.57. The number of anilines is 2. The molecular formula is C25H32N6O. The van der Waals surface area contributed by atoms with E-state index in [2.05, 4.69) is 15.2 Å². The molecule has 0 unspecified atom stereocenters. The maximum Gasteiger partial charge on any atom is 0.322 e. The lowest BCUT2D eigenvalue weighted by Crippen LogP contribution is -2.46. The third-order valence-electron chi connectivity index (χ3n) is 7.25. The van der Waals surface area contributed by atoms with Gasteiger partial charge in [0.1, 0.15) is 0 Å². The fourth-order valence-corrected chi connectivity index (χ4v) is 5.51. The summed E-state index contributed by atoms with van der Waals surface area (Å²) in [6.07, 6.45) is 8.17. The standard InChI is InChI=1S/C25H32N6O/c1-16-10-18(6-8-28-16)24(27)21-11-19-14-31(25(32)29-23(19)12-22(21)26)20-7-9-30(15-20)13-17-4-2-3-5-17/h6,8,10-12,17,20,27H,2-5,7,9,13-15,26H2,1H3,(H,29,32)/t20-/m1/s1. The molecule has 3 aliphatic rings. The highest BCUT2D eigenvalue weighted by Gasteiger charge is 2.35. The molecule has 5 rings (SSSR count). The molecular weight excluding hydrogens is 400 g/mol. The number of nitrogens with one attached hydrogen (secondary N) is 2. The van der Waals surface area contributed by atoms with E-state index in [1.807, 2.05) is 30.0 Å². The van der Waals surface area contributed by atoms with E-state index < -0.39 is 0 Å². The van der Waals surface area contributed by atoms with Crippen molar-refractivity contribution in [2.75, 3.05) is 30.7 Å². The molecule has 7 nitrogen and oxygen atoms in total. The summed E-state index contributed by atoms with van der Waals surface area (Å²) in [5.74, 6) is 0.832. The highest BCUT2D eigenvalue weighted by atomic mass is 16.2. The van der Waals surface area contributed by atoms with E-state index in [4.69, 9.17) is 11.1 Å². The van der Waals surface area contributed by atoms with Gasteiger partial charge in [0.25, 0.3) is 0 Å². The Bertz CT molecular complexity index is 1040. The number of rotatable bonds is 5. The molecule has 1 saturated carbocycles. The lowest BCUT2D eigenvalue weighted by atomic mass is 9.96. The van der Waals surface area contributed by atoms with Crippen LogP contribution >= 0.6 is 0 Å². The van der Waals surface area contributed by atoms with Gasteiger partial charge in [-0.3, -0.25) is 10.4 Å². The summed E-state index contributed by atoms with van der Waals surface area (Å²) in [6, 6.07) is 7.68. The van der Waals surface area contributed by atoms with Gasteiger partial charge in [0.15, 0.2) is 0 Å². The van der Waals surface area contributed by atoms with Crippen molar-refractivity contribution in [1.29, 1.82) is 5.41 Å². The zero-order valence-electron chi connectivity index (χ0n) is 18.7. The highest BCUT2D eigenvalue weighted by Crippen LogP contribution is 2.33. The number of nitrogens with zero attached hydrogens (tertiary/aromatic N) is 3. The zero-order valence-corrected chi connectivity index (χ0v) is 18.7. The molecule has 32 heavy (non-hydrogen) atoms. The van der Waals surface area contributed by atoms with E-state index in [1.54, 1.807) is 12.3 Å². The molecule has 2 fully saturated rings. The average Bonchev–Trinajstić information content (AvgIpc) is 3.45. The van der Waals surface area contributed by atoms with Crippen molar-refractivity contribution < 1.29 is 4.79 Å². The van der Waals surface area contributed by atoms with Crippen molar-refractivity contribution in [3.63, 3.8) is 0 Å². The van der Waals surface area contributed by atoms with Gasteiger partial charge < -0.3 is 20.9 Å². The monoisotopic (exact) mass is 432 g/mol. The first-order chi connectivity index (χ1) is 15.5. The second-order valence-corrected chi connectivity index (χ2v) is 9.57. The normalized spacial score (nSPS) is 21.6. The molecule has 0 radical (unpaired) electrons. The molecule has 2 aliphatic heterocycles. The molecule has 0 spiro atoms. The number of amides is 2. The number of nitrogen functional groups attached to an aromatic ring is 1.